The number of benzene rings is 2. The topological polar surface area (TPSA) is 46.0 Å². The predicted molar refractivity (Wildman–Crippen MR) is 87.2 cm³/mol. The summed E-state index contributed by atoms with van der Waals surface area (Å²) in [5.74, 6) is 0.144. The fourth-order valence-corrected chi connectivity index (χ4v) is 2.28. The monoisotopic (exact) mass is 332 g/mol. The number of nitrogens with zero attached hydrogens (tertiary/aromatic N) is 3. The van der Waals surface area contributed by atoms with Crippen LogP contribution >= 0.6 is 23.8 Å². The summed E-state index contributed by atoms with van der Waals surface area (Å²) in [6, 6.07) is 13.5. The van der Waals surface area contributed by atoms with E-state index in [0.717, 1.165) is 5.56 Å². The minimum atomic E-state index is -0.356. The normalized spacial score (nSPS) is 11.2. The van der Waals surface area contributed by atoms with Gasteiger partial charge in [0.2, 0.25) is 4.77 Å². The summed E-state index contributed by atoms with van der Waals surface area (Å²) in [6.45, 7) is 0. The van der Waals surface area contributed by atoms with Gasteiger partial charge in [-0.1, -0.05) is 41.9 Å². The van der Waals surface area contributed by atoms with Crippen molar-refractivity contribution in [3.8, 4) is 11.4 Å². The molecule has 0 unspecified atom stereocenters. The second-order valence-corrected chi connectivity index (χ2v) is 5.26. The number of nitrogens with one attached hydrogen (secondary N) is 1. The van der Waals surface area contributed by atoms with E-state index in [9.17, 15) is 4.39 Å². The Morgan fingerprint density at radius 1 is 1.23 bits per heavy atom. The summed E-state index contributed by atoms with van der Waals surface area (Å²) in [5.41, 5.74) is 1.12. The van der Waals surface area contributed by atoms with E-state index in [2.05, 4.69) is 15.3 Å². The van der Waals surface area contributed by atoms with Crippen molar-refractivity contribution in [2.75, 3.05) is 0 Å². The van der Waals surface area contributed by atoms with Crippen LogP contribution in [0, 0.1) is 10.6 Å². The fraction of sp³-hybridized carbons (Fsp3) is 0. The zero-order valence-electron chi connectivity index (χ0n) is 11.2. The van der Waals surface area contributed by atoms with Gasteiger partial charge in [-0.25, -0.2) is 9.49 Å². The third-order valence-corrected chi connectivity index (χ3v) is 3.45. The highest BCUT2D eigenvalue weighted by Gasteiger charge is 2.08. The minimum absolute atomic E-state index is 0.308. The Morgan fingerprint density at radius 2 is 2.05 bits per heavy atom. The Bertz CT molecular complexity index is 900. The molecule has 3 aromatic rings. The summed E-state index contributed by atoms with van der Waals surface area (Å²) in [5, 5.41) is 11.6. The first-order chi connectivity index (χ1) is 10.6. The number of rotatable bonds is 3. The van der Waals surface area contributed by atoms with Crippen molar-refractivity contribution in [2.24, 2.45) is 5.10 Å². The van der Waals surface area contributed by atoms with Crippen molar-refractivity contribution in [2.45, 2.75) is 0 Å². The van der Waals surface area contributed by atoms with Gasteiger partial charge in [0.05, 0.1) is 6.21 Å². The van der Waals surface area contributed by atoms with Crippen molar-refractivity contribution in [3.63, 3.8) is 0 Å². The Kier molecular flexibility index (Phi) is 4.13. The Labute approximate surface area is 135 Å². The van der Waals surface area contributed by atoms with Crippen molar-refractivity contribution in [1.82, 2.24) is 14.9 Å². The first-order valence-electron chi connectivity index (χ1n) is 6.37. The van der Waals surface area contributed by atoms with E-state index < -0.39 is 0 Å². The molecule has 1 N–H and O–H groups in total. The first kappa shape index (κ1) is 14.6. The molecule has 0 spiro atoms. The van der Waals surface area contributed by atoms with Crippen molar-refractivity contribution >= 4 is 30.0 Å². The van der Waals surface area contributed by atoms with Crippen LogP contribution in [0.3, 0.4) is 0 Å². The Morgan fingerprint density at radius 3 is 2.82 bits per heavy atom. The molecule has 0 atom stereocenters. The second kappa shape index (κ2) is 6.21. The average Bonchev–Trinajstić information content (AvgIpc) is 2.87. The molecular weight excluding hydrogens is 323 g/mol. The third-order valence-electron chi connectivity index (χ3n) is 2.95. The van der Waals surface area contributed by atoms with Crippen molar-refractivity contribution < 1.29 is 4.39 Å². The summed E-state index contributed by atoms with van der Waals surface area (Å²) in [7, 11) is 0. The summed E-state index contributed by atoms with van der Waals surface area (Å²) >= 11 is 11.1. The van der Waals surface area contributed by atoms with Gasteiger partial charge >= 0.3 is 0 Å². The number of aromatic nitrogens is 3. The summed E-state index contributed by atoms with van der Waals surface area (Å²) in [4.78, 5) is 0. The molecule has 0 radical (unpaired) electrons. The van der Waals surface area contributed by atoms with Crippen LogP contribution in [0.4, 0.5) is 4.39 Å². The highest BCUT2D eigenvalue weighted by atomic mass is 35.5. The number of hydrogen-bond donors (Lipinski definition) is 1. The van der Waals surface area contributed by atoms with Gasteiger partial charge in [0.25, 0.3) is 0 Å². The predicted octanol–water partition coefficient (Wildman–Crippen LogP) is 4.28. The molecule has 2 aromatic carbocycles. The van der Waals surface area contributed by atoms with E-state index in [4.69, 9.17) is 23.8 Å². The van der Waals surface area contributed by atoms with Crippen molar-refractivity contribution in [3.05, 3.63) is 69.7 Å². The highest BCUT2D eigenvalue weighted by Crippen LogP contribution is 2.21. The third kappa shape index (κ3) is 2.98. The van der Waals surface area contributed by atoms with Gasteiger partial charge < -0.3 is 0 Å². The number of hydrogen-bond acceptors (Lipinski definition) is 3. The van der Waals surface area contributed by atoms with Gasteiger partial charge in [-0.05, 0) is 30.4 Å². The van der Waals surface area contributed by atoms with Gasteiger partial charge in [0.15, 0.2) is 5.82 Å². The molecule has 0 saturated heterocycles. The fourth-order valence-electron chi connectivity index (χ4n) is 1.91. The van der Waals surface area contributed by atoms with Gasteiger partial charge in [-0.15, -0.1) is 0 Å². The maximum absolute atomic E-state index is 13.6. The van der Waals surface area contributed by atoms with Gasteiger partial charge in [0, 0.05) is 16.1 Å². The standard InChI is InChI=1S/C15H10ClFN4S/c16-12-6-3-5-10(8-12)14-19-20-15(22)21(14)18-9-11-4-1-2-7-13(11)17/h1-9H,(H,20,22). The molecule has 7 heteroatoms. The molecular formula is C15H10ClFN4S. The van der Waals surface area contributed by atoms with Crippen molar-refractivity contribution in [1.29, 1.82) is 0 Å². The molecule has 3 rings (SSSR count). The van der Waals surface area contributed by atoms with E-state index in [-0.39, 0.29) is 5.82 Å². The van der Waals surface area contributed by atoms with Gasteiger partial charge in [0.1, 0.15) is 5.82 Å². The Hall–Kier alpha value is -2.31. The molecule has 1 aromatic heterocycles. The zero-order chi connectivity index (χ0) is 15.5. The van der Waals surface area contributed by atoms with Crippen LogP contribution in [-0.4, -0.2) is 21.1 Å². The van der Waals surface area contributed by atoms with Crippen LogP contribution in [0.25, 0.3) is 11.4 Å². The molecule has 0 aliphatic rings. The van der Waals surface area contributed by atoms with E-state index in [0.29, 0.717) is 21.2 Å². The number of H-pyrrole nitrogens is 1. The lowest BCUT2D eigenvalue weighted by Gasteiger charge is -2.01. The van der Waals surface area contributed by atoms with Crippen LogP contribution in [0.15, 0.2) is 53.6 Å². The zero-order valence-corrected chi connectivity index (χ0v) is 12.8. The smallest absolute Gasteiger partial charge is 0.216 e. The van der Waals surface area contributed by atoms with Gasteiger partial charge in [-0.2, -0.15) is 14.9 Å². The van der Waals surface area contributed by atoms with Crippen LogP contribution in [-0.2, 0) is 0 Å². The largest absolute Gasteiger partial charge is 0.250 e. The molecule has 0 fully saturated rings. The minimum Gasteiger partial charge on any atom is -0.250 e. The molecule has 0 aliphatic carbocycles. The molecule has 0 aliphatic heterocycles. The van der Waals surface area contributed by atoms with Crippen LogP contribution in [0.5, 0.6) is 0 Å². The van der Waals surface area contributed by atoms with E-state index in [1.807, 2.05) is 6.07 Å². The van der Waals surface area contributed by atoms with Crippen LogP contribution in [0.2, 0.25) is 5.02 Å². The lowest BCUT2D eigenvalue weighted by molar-refractivity contribution is 0.625. The summed E-state index contributed by atoms with van der Waals surface area (Å²) < 4.78 is 15.4. The SMILES string of the molecule is Fc1ccccc1C=Nn1c(-c2cccc(Cl)c2)n[nH]c1=S. The molecule has 1 heterocycles. The lowest BCUT2D eigenvalue weighted by atomic mass is 10.2. The second-order valence-electron chi connectivity index (χ2n) is 4.44. The molecule has 0 amide bonds. The maximum Gasteiger partial charge on any atom is 0.216 e. The summed E-state index contributed by atoms with van der Waals surface area (Å²) in [6.07, 6.45) is 1.40. The number of aromatic amines is 1. The van der Waals surface area contributed by atoms with Crippen LogP contribution in [0.1, 0.15) is 5.56 Å². The molecule has 22 heavy (non-hydrogen) atoms. The van der Waals surface area contributed by atoms with E-state index in [1.165, 1.54) is 17.0 Å². The number of halogens is 2. The molecule has 4 nitrogen and oxygen atoms in total. The van der Waals surface area contributed by atoms with E-state index in [1.54, 1.807) is 36.4 Å². The van der Waals surface area contributed by atoms with Crippen LogP contribution < -0.4 is 0 Å². The van der Waals surface area contributed by atoms with E-state index >= 15 is 0 Å². The molecule has 110 valence electrons. The molecule has 0 bridgehead atoms. The molecule has 0 saturated carbocycles. The average molecular weight is 333 g/mol. The van der Waals surface area contributed by atoms with Gasteiger partial charge in [-0.3, -0.25) is 0 Å². The Balaban J connectivity index is 2.04. The highest BCUT2D eigenvalue weighted by molar-refractivity contribution is 7.71. The first-order valence-corrected chi connectivity index (χ1v) is 7.16. The maximum atomic E-state index is 13.6. The lowest BCUT2D eigenvalue weighted by Crippen LogP contribution is -1.96. The quantitative estimate of drug-likeness (QED) is 0.574.